The van der Waals surface area contributed by atoms with Crippen LogP contribution in [0.2, 0.25) is 15.1 Å². The number of hydrogen-bond acceptors (Lipinski definition) is 6. The van der Waals surface area contributed by atoms with E-state index in [1.54, 1.807) is 49.6 Å². The second-order valence-electron chi connectivity index (χ2n) is 7.94. The van der Waals surface area contributed by atoms with E-state index in [1.165, 1.54) is 11.8 Å². The molecule has 4 rings (SSSR count). The first kappa shape index (κ1) is 27.1. The van der Waals surface area contributed by atoms with Gasteiger partial charge in [0.05, 0.1) is 23.9 Å². The van der Waals surface area contributed by atoms with Crippen LogP contribution in [0.5, 0.6) is 11.5 Å². The number of carbonyl (C=O) groups excluding carboxylic acids is 1. The van der Waals surface area contributed by atoms with E-state index in [1.807, 2.05) is 35.8 Å². The lowest BCUT2D eigenvalue weighted by Crippen LogP contribution is -2.32. The van der Waals surface area contributed by atoms with Crippen molar-refractivity contribution >= 4 is 52.5 Å². The smallest absolute Gasteiger partial charge is 0.258 e. The van der Waals surface area contributed by atoms with Gasteiger partial charge in [0, 0.05) is 15.8 Å². The van der Waals surface area contributed by atoms with Crippen molar-refractivity contribution in [2.45, 2.75) is 23.9 Å². The predicted octanol–water partition coefficient (Wildman–Crippen LogP) is 6.78. The van der Waals surface area contributed by atoms with Gasteiger partial charge in [-0.2, -0.15) is 0 Å². The Balaban J connectivity index is 1.55. The number of ether oxygens (including phenoxy) is 2. The number of methoxy groups -OCH3 is 1. The molecule has 37 heavy (non-hydrogen) atoms. The number of rotatable bonds is 10. The summed E-state index contributed by atoms with van der Waals surface area (Å²) in [5.41, 5.74) is 1.67. The van der Waals surface area contributed by atoms with E-state index in [-0.39, 0.29) is 12.5 Å². The summed E-state index contributed by atoms with van der Waals surface area (Å²) < 4.78 is 12.7. The molecule has 0 saturated carbocycles. The number of nitrogens with zero attached hydrogens (tertiary/aromatic N) is 3. The van der Waals surface area contributed by atoms with Crippen molar-refractivity contribution in [3.05, 3.63) is 93.2 Å². The van der Waals surface area contributed by atoms with Crippen LogP contribution in [0.1, 0.15) is 24.4 Å². The number of benzene rings is 3. The van der Waals surface area contributed by atoms with Crippen LogP contribution < -0.4 is 14.8 Å². The van der Waals surface area contributed by atoms with E-state index in [9.17, 15) is 4.79 Å². The third-order valence-electron chi connectivity index (χ3n) is 5.26. The summed E-state index contributed by atoms with van der Waals surface area (Å²) in [5.74, 6) is 2.10. The Hall–Kier alpha value is -2.91. The fourth-order valence-electron chi connectivity index (χ4n) is 3.48. The Kier molecular flexibility index (Phi) is 9.21. The molecular formula is C26H23Cl3N4O3S. The van der Waals surface area contributed by atoms with Crippen molar-refractivity contribution in [1.29, 1.82) is 0 Å². The van der Waals surface area contributed by atoms with Gasteiger partial charge in [-0.15, -0.1) is 10.2 Å². The Morgan fingerprint density at radius 1 is 1.00 bits per heavy atom. The third kappa shape index (κ3) is 7.11. The van der Waals surface area contributed by atoms with Crippen molar-refractivity contribution in [2.75, 3.05) is 13.7 Å². The molecule has 0 aliphatic carbocycles. The largest absolute Gasteiger partial charge is 0.497 e. The summed E-state index contributed by atoms with van der Waals surface area (Å²) in [6.45, 7) is 1.64. The fourth-order valence-corrected chi connectivity index (χ4v) is 4.87. The molecule has 192 valence electrons. The van der Waals surface area contributed by atoms with Crippen molar-refractivity contribution in [3.63, 3.8) is 0 Å². The summed E-state index contributed by atoms with van der Waals surface area (Å²) in [6, 6.07) is 19.2. The topological polar surface area (TPSA) is 78.3 Å². The van der Waals surface area contributed by atoms with Crippen LogP contribution in [-0.2, 0) is 10.5 Å². The van der Waals surface area contributed by atoms with Crippen LogP contribution in [0, 0.1) is 0 Å². The number of hydrogen-bond donors (Lipinski definition) is 1. The van der Waals surface area contributed by atoms with Gasteiger partial charge in [-0.05, 0) is 67.1 Å². The number of amides is 1. The molecule has 0 radical (unpaired) electrons. The SMILES string of the molecule is COc1cccc(CSc2nnc(C(C)NC(=O)COc3ccc(Cl)cc3)n2-c2cc(Cl)ccc2Cl)c1. The summed E-state index contributed by atoms with van der Waals surface area (Å²) in [7, 11) is 1.63. The standard InChI is InChI=1S/C26H23Cl3N4O3S/c1-16(30-24(34)14-36-20-9-6-18(27)7-10-20)25-31-32-26(33(25)23-13-19(28)8-11-22(23)29)37-15-17-4-3-5-21(12-17)35-2/h3-13,16H,14-15H2,1-2H3,(H,30,34). The zero-order valence-corrected chi connectivity index (χ0v) is 23.0. The monoisotopic (exact) mass is 576 g/mol. The van der Waals surface area contributed by atoms with Gasteiger partial charge in [0.15, 0.2) is 17.6 Å². The molecule has 0 spiro atoms. The molecule has 1 aromatic heterocycles. The van der Waals surface area contributed by atoms with Gasteiger partial charge < -0.3 is 14.8 Å². The molecular weight excluding hydrogens is 555 g/mol. The van der Waals surface area contributed by atoms with Gasteiger partial charge in [-0.1, -0.05) is 58.7 Å². The average molecular weight is 578 g/mol. The van der Waals surface area contributed by atoms with E-state index < -0.39 is 6.04 Å². The van der Waals surface area contributed by atoms with Gasteiger partial charge in [0.1, 0.15) is 11.5 Å². The molecule has 0 aliphatic heterocycles. The lowest BCUT2D eigenvalue weighted by molar-refractivity contribution is -0.123. The highest BCUT2D eigenvalue weighted by molar-refractivity contribution is 7.98. The second kappa shape index (κ2) is 12.6. The number of thioether (sulfide) groups is 1. The van der Waals surface area contributed by atoms with Crippen molar-refractivity contribution in [3.8, 4) is 17.2 Å². The molecule has 1 unspecified atom stereocenters. The molecule has 0 saturated heterocycles. The van der Waals surface area contributed by atoms with E-state index >= 15 is 0 Å². The summed E-state index contributed by atoms with van der Waals surface area (Å²) in [4.78, 5) is 12.6. The van der Waals surface area contributed by atoms with E-state index in [0.29, 0.717) is 43.2 Å². The first-order valence-electron chi connectivity index (χ1n) is 11.2. The second-order valence-corrected chi connectivity index (χ2v) is 10.2. The minimum Gasteiger partial charge on any atom is -0.497 e. The predicted molar refractivity (Wildman–Crippen MR) is 147 cm³/mol. The average Bonchev–Trinajstić information content (AvgIpc) is 3.32. The highest BCUT2D eigenvalue weighted by Gasteiger charge is 2.23. The first-order chi connectivity index (χ1) is 17.8. The Labute approximate surface area is 234 Å². The van der Waals surface area contributed by atoms with Gasteiger partial charge in [0.25, 0.3) is 5.91 Å². The lowest BCUT2D eigenvalue weighted by atomic mass is 10.2. The number of aromatic nitrogens is 3. The maximum absolute atomic E-state index is 12.6. The van der Waals surface area contributed by atoms with Gasteiger partial charge in [-0.25, -0.2) is 0 Å². The molecule has 0 bridgehead atoms. The van der Waals surface area contributed by atoms with Gasteiger partial charge in [0.2, 0.25) is 0 Å². The molecule has 0 fully saturated rings. The Morgan fingerprint density at radius 3 is 2.51 bits per heavy atom. The van der Waals surface area contributed by atoms with Crippen LogP contribution in [0.25, 0.3) is 5.69 Å². The van der Waals surface area contributed by atoms with Crippen LogP contribution in [0.3, 0.4) is 0 Å². The maximum Gasteiger partial charge on any atom is 0.258 e. The highest BCUT2D eigenvalue weighted by Crippen LogP contribution is 2.33. The summed E-state index contributed by atoms with van der Waals surface area (Å²) >= 11 is 20.2. The van der Waals surface area contributed by atoms with Crippen LogP contribution in [0.15, 0.2) is 71.9 Å². The molecule has 11 heteroatoms. The summed E-state index contributed by atoms with van der Waals surface area (Å²) in [6.07, 6.45) is 0. The minimum absolute atomic E-state index is 0.171. The molecule has 0 aliphatic rings. The first-order valence-corrected chi connectivity index (χ1v) is 13.3. The fraction of sp³-hybridized carbons (Fsp3) is 0.192. The number of halogens is 3. The number of carbonyl (C=O) groups is 1. The molecule has 1 amide bonds. The minimum atomic E-state index is -0.505. The van der Waals surface area contributed by atoms with Crippen molar-refractivity contribution in [1.82, 2.24) is 20.1 Å². The van der Waals surface area contributed by atoms with E-state index in [2.05, 4.69) is 15.5 Å². The van der Waals surface area contributed by atoms with Crippen LogP contribution in [0.4, 0.5) is 0 Å². The molecule has 1 heterocycles. The van der Waals surface area contributed by atoms with Crippen LogP contribution >= 0.6 is 46.6 Å². The normalized spacial score (nSPS) is 11.7. The van der Waals surface area contributed by atoms with Gasteiger partial charge >= 0.3 is 0 Å². The number of nitrogens with one attached hydrogen (secondary N) is 1. The Bertz CT molecular complexity index is 1380. The van der Waals surface area contributed by atoms with Gasteiger partial charge in [-0.3, -0.25) is 9.36 Å². The Morgan fingerprint density at radius 2 is 1.76 bits per heavy atom. The van der Waals surface area contributed by atoms with E-state index in [0.717, 1.165) is 11.3 Å². The molecule has 1 atom stereocenters. The lowest BCUT2D eigenvalue weighted by Gasteiger charge is -2.17. The van der Waals surface area contributed by atoms with Crippen molar-refractivity contribution in [2.24, 2.45) is 0 Å². The summed E-state index contributed by atoms with van der Waals surface area (Å²) in [5, 5.41) is 13.9. The zero-order valence-electron chi connectivity index (χ0n) is 20.0. The zero-order chi connectivity index (χ0) is 26.4. The van der Waals surface area contributed by atoms with Crippen molar-refractivity contribution < 1.29 is 14.3 Å². The third-order valence-corrected chi connectivity index (χ3v) is 7.06. The van der Waals surface area contributed by atoms with Crippen LogP contribution in [-0.4, -0.2) is 34.4 Å². The van der Waals surface area contributed by atoms with E-state index in [4.69, 9.17) is 44.3 Å². The highest BCUT2D eigenvalue weighted by atomic mass is 35.5. The molecule has 7 nitrogen and oxygen atoms in total. The maximum atomic E-state index is 12.6. The molecule has 4 aromatic rings. The quantitative estimate of drug-likeness (QED) is 0.209. The molecule has 3 aromatic carbocycles. The molecule has 1 N–H and O–H groups in total.